The van der Waals surface area contributed by atoms with Gasteiger partial charge in [-0.05, 0) is 43.7 Å². The normalized spacial score (nSPS) is 22.5. The molecule has 4 heteroatoms. The molecule has 1 saturated carbocycles. The van der Waals surface area contributed by atoms with Gasteiger partial charge in [-0.3, -0.25) is 5.43 Å². The lowest BCUT2D eigenvalue weighted by Gasteiger charge is -2.18. The van der Waals surface area contributed by atoms with Gasteiger partial charge in [-0.15, -0.1) is 0 Å². The molecule has 0 saturated heterocycles. The third-order valence-corrected chi connectivity index (χ3v) is 4.29. The quantitative estimate of drug-likeness (QED) is 0.818. The van der Waals surface area contributed by atoms with Crippen LogP contribution in [-0.4, -0.2) is 10.7 Å². The van der Waals surface area contributed by atoms with Gasteiger partial charge >= 0.3 is 0 Å². The highest BCUT2D eigenvalue weighted by molar-refractivity contribution is 7.22. The van der Waals surface area contributed by atoms with E-state index in [0.29, 0.717) is 0 Å². The molecule has 1 aliphatic carbocycles. The first-order valence-electron chi connectivity index (χ1n) is 6.48. The van der Waals surface area contributed by atoms with Gasteiger partial charge in [0.25, 0.3) is 0 Å². The summed E-state index contributed by atoms with van der Waals surface area (Å²) in [5, 5.41) is 5.40. The predicted molar refractivity (Wildman–Crippen MR) is 78.3 cm³/mol. The maximum Gasteiger partial charge on any atom is 0.204 e. The number of hydrogen-bond donors (Lipinski definition) is 1. The van der Waals surface area contributed by atoms with E-state index in [1.807, 2.05) is 18.2 Å². The average molecular weight is 259 g/mol. The first-order chi connectivity index (χ1) is 8.81. The standard InChI is InChI=1S/C14H17N3S/c1-10-5-4-6-11(9-10)16-17-14-15-12-7-2-3-8-13(12)18-14/h2-3,7-8,10H,4-6,9H2,1H3,(H,15,17)/b16-11+/t10-/m0/s1. The molecule has 0 unspecified atom stereocenters. The zero-order valence-electron chi connectivity index (χ0n) is 10.5. The summed E-state index contributed by atoms with van der Waals surface area (Å²) >= 11 is 1.66. The second-order valence-electron chi connectivity index (χ2n) is 4.98. The minimum absolute atomic E-state index is 0.773. The predicted octanol–water partition coefficient (Wildman–Crippen LogP) is 4.27. The Balaban J connectivity index is 1.74. The average Bonchev–Trinajstić information content (AvgIpc) is 2.79. The minimum atomic E-state index is 0.773. The third kappa shape index (κ3) is 2.53. The van der Waals surface area contributed by atoms with Gasteiger partial charge in [-0.2, -0.15) is 5.10 Å². The van der Waals surface area contributed by atoms with Crippen LogP contribution in [0, 0.1) is 5.92 Å². The van der Waals surface area contributed by atoms with Gasteiger partial charge in [-0.1, -0.05) is 30.4 Å². The molecule has 94 valence electrons. The highest BCUT2D eigenvalue weighted by atomic mass is 32.1. The van der Waals surface area contributed by atoms with Gasteiger partial charge < -0.3 is 0 Å². The summed E-state index contributed by atoms with van der Waals surface area (Å²) in [5.41, 5.74) is 5.45. The number of nitrogens with one attached hydrogen (secondary N) is 1. The van der Waals surface area contributed by atoms with Crippen molar-refractivity contribution in [1.82, 2.24) is 4.98 Å². The van der Waals surface area contributed by atoms with Crippen molar-refractivity contribution in [1.29, 1.82) is 0 Å². The Morgan fingerprint density at radius 3 is 3.11 bits per heavy atom. The van der Waals surface area contributed by atoms with E-state index >= 15 is 0 Å². The Morgan fingerprint density at radius 2 is 2.28 bits per heavy atom. The second-order valence-corrected chi connectivity index (χ2v) is 6.01. The fourth-order valence-corrected chi connectivity index (χ4v) is 3.22. The SMILES string of the molecule is C[C@H]1CCC/C(=N\Nc2nc3ccccc3s2)C1. The lowest BCUT2D eigenvalue weighted by molar-refractivity contribution is 0.500. The number of anilines is 1. The van der Waals surface area contributed by atoms with Crippen molar-refractivity contribution in [3.8, 4) is 0 Å². The van der Waals surface area contributed by atoms with E-state index in [1.54, 1.807) is 11.3 Å². The maximum atomic E-state index is 4.52. The molecular formula is C14H17N3S. The van der Waals surface area contributed by atoms with Crippen LogP contribution in [0.4, 0.5) is 5.13 Å². The Bertz CT molecular complexity index is 540. The Hall–Kier alpha value is -1.42. The number of para-hydroxylation sites is 1. The molecule has 0 amide bonds. The van der Waals surface area contributed by atoms with Gasteiger partial charge in [0, 0.05) is 5.71 Å². The molecule has 1 aromatic carbocycles. The Labute approximate surface area is 111 Å². The molecule has 1 aliphatic rings. The molecule has 0 spiro atoms. The van der Waals surface area contributed by atoms with Crippen LogP contribution in [0.5, 0.6) is 0 Å². The molecule has 3 rings (SSSR count). The second kappa shape index (κ2) is 5.06. The molecule has 1 atom stereocenters. The monoisotopic (exact) mass is 259 g/mol. The van der Waals surface area contributed by atoms with Crippen molar-refractivity contribution in [3.05, 3.63) is 24.3 Å². The van der Waals surface area contributed by atoms with Crippen molar-refractivity contribution in [3.63, 3.8) is 0 Å². The zero-order valence-corrected chi connectivity index (χ0v) is 11.3. The van der Waals surface area contributed by atoms with Crippen LogP contribution in [0.2, 0.25) is 0 Å². The molecule has 0 aliphatic heterocycles. The van der Waals surface area contributed by atoms with Gasteiger partial charge in [0.15, 0.2) is 0 Å². The van der Waals surface area contributed by atoms with E-state index < -0.39 is 0 Å². The van der Waals surface area contributed by atoms with Gasteiger partial charge in [-0.25, -0.2) is 4.98 Å². The molecule has 1 N–H and O–H groups in total. The number of thiazole rings is 1. The molecule has 1 aromatic heterocycles. The number of rotatable bonds is 2. The van der Waals surface area contributed by atoms with Crippen LogP contribution in [0.15, 0.2) is 29.4 Å². The summed E-state index contributed by atoms with van der Waals surface area (Å²) in [6, 6.07) is 8.18. The lowest BCUT2D eigenvalue weighted by Crippen LogP contribution is -2.13. The smallest absolute Gasteiger partial charge is 0.204 e. The third-order valence-electron chi connectivity index (χ3n) is 3.35. The van der Waals surface area contributed by atoms with E-state index in [4.69, 9.17) is 0 Å². The first kappa shape index (κ1) is 11.7. The van der Waals surface area contributed by atoms with E-state index in [-0.39, 0.29) is 0 Å². The van der Waals surface area contributed by atoms with Crippen LogP contribution in [0.1, 0.15) is 32.6 Å². The number of aromatic nitrogens is 1. The summed E-state index contributed by atoms with van der Waals surface area (Å²) < 4.78 is 1.21. The van der Waals surface area contributed by atoms with E-state index in [0.717, 1.165) is 29.4 Å². The van der Waals surface area contributed by atoms with E-state index in [1.165, 1.54) is 23.3 Å². The van der Waals surface area contributed by atoms with Crippen LogP contribution in [0.25, 0.3) is 10.2 Å². The van der Waals surface area contributed by atoms with Gasteiger partial charge in [0.2, 0.25) is 5.13 Å². The summed E-state index contributed by atoms with van der Waals surface area (Å²) in [6.45, 7) is 2.30. The zero-order chi connectivity index (χ0) is 12.4. The summed E-state index contributed by atoms with van der Waals surface area (Å²) in [5.74, 6) is 0.773. The van der Waals surface area contributed by atoms with Crippen LogP contribution in [-0.2, 0) is 0 Å². The molecular weight excluding hydrogens is 242 g/mol. The van der Waals surface area contributed by atoms with Crippen LogP contribution in [0.3, 0.4) is 0 Å². The van der Waals surface area contributed by atoms with Gasteiger partial charge in [0.1, 0.15) is 0 Å². The van der Waals surface area contributed by atoms with E-state index in [9.17, 15) is 0 Å². The van der Waals surface area contributed by atoms with Crippen molar-refractivity contribution >= 4 is 32.4 Å². The van der Waals surface area contributed by atoms with Gasteiger partial charge in [0.05, 0.1) is 10.2 Å². The summed E-state index contributed by atoms with van der Waals surface area (Å²) in [6.07, 6.45) is 4.85. The number of benzene rings is 1. The van der Waals surface area contributed by atoms with Crippen LogP contribution < -0.4 is 5.43 Å². The first-order valence-corrected chi connectivity index (χ1v) is 7.30. The maximum absolute atomic E-state index is 4.52. The highest BCUT2D eigenvalue weighted by Gasteiger charge is 2.14. The molecule has 3 nitrogen and oxygen atoms in total. The molecule has 0 bridgehead atoms. The molecule has 18 heavy (non-hydrogen) atoms. The topological polar surface area (TPSA) is 37.3 Å². The largest absolute Gasteiger partial charge is 0.253 e. The highest BCUT2D eigenvalue weighted by Crippen LogP contribution is 2.26. The summed E-state index contributed by atoms with van der Waals surface area (Å²) in [7, 11) is 0. The number of hydrazone groups is 1. The fraction of sp³-hybridized carbons (Fsp3) is 0.429. The van der Waals surface area contributed by atoms with E-state index in [2.05, 4.69) is 28.5 Å². The fourth-order valence-electron chi connectivity index (χ4n) is 2.41. The van der Waals surface area contributed by atoms with Crippen molar-refractivity contribution in [2.24, 2.45) is 11.0 Å². The number of nitrogens with zero attached hydrogens (tertiary/aromatic N) is 2. The lowest BCUT2D eigenvalue weighted by atomic mass is 9.89. The van der Waals surface area contributed by atoms with Crippen molar-refractivity contribution < 1.29 is 0 Å². The molecule has 1 fully saturated rings. The minimum Gasteiger partial charge on any atom is -0.253 e. The summed E-state index contributed by atoms with van der Waals surface area (Å²) in [4.78, 5) is 4.52. The Morgan fingerprint density at radius 1 is 1.39 bits per heavy atom. The Kier molecular flexibility index (Phi) is 3.28. The molecule has 0 radical (unpaired) electrons. The van der Waals surface area contributed by atoms with Crippen molar-refractivity contribution in [2.75, 3.05) is 5.43 Å². The molecule has 1 heterocycles. The van der Waals surface area contributed by atoms with Crippen molar-refractivity contribution in [2.45, 2.75) is 32.6 Å². The number of hydrogen-bond acceptors (Lipinski definition) is 4. The molecule has 2 aromatic rings. The number of fused-ring (bicyclic) bond motifs is 1. The van der Waals surface area contributed by atoms with Crippen LogP contribution >= 0.6 is 11.3 Å².